The maximum absolute atomic E-state index is 13.2. The summed E-state index contributed by atoms with van der Waals surface area (Å²) in [6.45, 7) is -0.558. The van der Waals surface area contributed by atoms with Gasteiger partial charge in [-0.25, -0.2) is 8.42 Å². The average molecular weight is 513 g/mol. The first-order valence-electron chi connectivity index (χ1n) is 9.44. The first-order valence-corrected chi connectivity index (χ1v) is 11.7. The van der Waals surface area contributed by atoms with Crippen LogP contribution in [0.5, 0.6) is 5.88 Å². The lowest BCUT2D eigenvalue weighted by Crippen LogP contribution is -2.35. The summed E-state index contributed by atoms with van der Waals surface area (Å²) in [5.41, 5.74) is 1.02. The zero-order valence-electron chi connectivity index (χ0n) is 16.5. The van der Waals surface area contributed by atoms with E-state index in [4.69, 9.17) is 0 Å². The number of H-pyrrole nitrogens is 1. The summed E-state index contributed by atoms with van der Waals surface area (Å²) in [6.07, 6.45) is 0. The van der Waals surface area contributed by atoms with Crippen LogP contribution in [0.4, 0.5) is 11.4 Å². The van der Waals surface area contributed by atoms with E-state index in [1.807, 2.05) is 0 Å². The molecule has 1 amide bonds. The van der Waals surface area contributed by atoms with Crippen molar-refractivity contribution in [1.29, 1.82) is 0 Å². The molecule has 2 N–H and O–H groups in total. The Balaban J connectivity index is 1.66. The fraction of sp³-hybridized carbons (Fsp3) is 0.0455. The molecule has 0 atom stereocenters. The van der Waals surface area contributed by atoms with Gasteiger partial charge < -0.3 is 10.1 Å². The second-order valence-corrected chi connectivity index (χ2v) is 9.54. The van der Waals surface area contributed by atoms with Crippen molar-refractivity contribution in [3.05, 3.63) is 83.3 Å². The number of hydrogen-bond acceptors (Lipinski definition) is 5. The number of halogens is 1. The molecule has 0 bridgehead atoms. The van der Waals surface area contributed by atoms with Gasteiger partial charge in [0, 0.05) is 9.86 Å². The first kappa shape index (κ1) is 21.7. The Bertz CT molecular complexity index is 1400. The van der Waals surface area contributed by atoms with Gasteiger partial charge in [-0.2, -0.15) is 0 Å². The van der Waals surface area contributed by atoms with Gasteiger partial charge >= 0.3 is 0 Å². The second kappa shape index (κ2) is 8.93. The summed E-state index contributed by atoms with van der Waals surface area (Å²) >= 11 is 3.35. The minimum Gasteiger partial charge on any atom is -0.493 e. The van der Waals surface area contributed by atoms with Crippen molar-refractivity contribution >= 4 is 54.1 Å². The lowest BCUT2D eigenvalue weighted by Gasteiger charge is -2.22. The highest BCUT2D eigenvalue weighted by atomic mass is 79.9. The molecular formula is C22H17BrN4O4S. The number of carbonyl (C=O) groups is 1. The number of rotatable bonds is 6. The smallest absolute Gasteiger partial charge is 0.285 e. The number of nitrogens with one attached hydrogen (secondary N) is 1. The highest BCUT2D eigenvalue weighted by molar-refractivity contribution is 9.10. The topological polar surface area (TPSA) is 115 Å². The largest absolute Gasteiger partial charge is 0.493 e. The Hall–Kier alpha value is -3.50. The summed E-state index contributed by atoms with van der Waals surface area (Å²) in [6, 6.07) is 21.4. The van der Waals surface area contributed by atoms with E-state index >= 15 is 0 Å². The van der Waals surface area contributed by atoms with Crippen LogP contribution in [-0.4, -0.2) is 31.0 Å². The second-order valence-electron chi connectivity index (χ2n) is 6.77. The van der Waals surface area contributed by atoms with Crippen LogP contribution in [0, 0.1) is 0 Å². The summed E-state index contributed by atoms with van der Waals surface area (Å²) in [4.78, 5) is 15.4. The lowest BCUT2D eigenvalue weighted by molar-refractivity contribution is -0.116. The van der Waals surface area contributed by atoms with Gasteiger partial charge in [0.15, 0.2) is 5.69 Å². The van der Waals surface area contributed by atoms with Crippen molar-refractivity contribution in [2.45, 2.75) is 4.90 Å². The summed E-state index contributed by atoms with van der Waals surface area (Å²) in [5, 5.41) is 18.2. The van der Waals surface area contributed by atoms with Crippen LogP contribution >= 0.6 is 15.9 Å². The summed E-state index contributed by atoms with van der Waals surface area (Å²) in [7, 11) is -4.02. The minimum atomic E-state index is -4.02. The average Bonchev–Trinajstić information content (AvgIpc) is 3.11. The number of aromatic hydroxyl groups is 1. The molecule has 32 heavy (non-hydrogen) atoms. The molecule has 0 saturated carbocycles. The number of sulfonamides is 1. The van der Waals surface area contributed by atoms with Gasteiger partial charge in [0.1, 0.15) is 6.54 Å². The zero-order chi connectivity index (χ0) is 22.7. The lowest BCUT2D eigenvalue weighted by atomic mass is 10.2. The number of anilines is 1. The quantitative estimate of drug-likeness (QED) is 0.348. The highest BCUT2D eigenvalue weighted by Crippen LogP contribution is 2.36. The van der Waals surface area contributed by atoms with Crippen molar-refractivity contribution in [3.63, 3.8) is 0 Å². The number of nitrogens with zero attached hydrogens (tertiary/aromatic N) is 3. The van der Waals surface area contributed by atoms with Crippen molar-refractivity contribution in [2.24, 2.45) is 10.2 Å². The van der Waals surface area contributed by atoms with Crippen molar-refractivity contribution in [1.82, 2.24) is 4.98 Å². The van der Waals surface area contributed by atoms with E-state index in [1.54, 1.807) is 66.7 Å². The molecule has 4 aromatic rings. The number of hydrogen-bond donors (Lipinski definition) is 2. The van der Waals surface area contributed by atoms with Crippen LogP contribution in [0.25, 0.3) is 10.9 Å². The molecule has 10 heteroatoms. The maximum atomic E-state index is 13.2. The molecule has 0 saturated heterocycles. The van der Waals surface area contributed by atoms with Crippen LogP contribution in [0.3, 0.4) is 0 Å². The van der Waals surface area contributed by atoms with E-state index in [-0.39, 0.29) is 16.5 Å². The van der Waals surface area contributed by atoms with Gasteiger partial charge in [0.2, 0.25) is 5.88 Å². The third-order valence-electron chi connectivity index (χ3n) is 4.63. The zero-order valence-corrected chi connectivity index (χ0v) is 18.9. The SMILES string of the molecule is O=C(CN(c1ccccc1)S(=O)(=O)c1ccccc1)N=Nc1c(O)[nH]c2ccc(Br)cc12. The number of benzene rings is 3. The van der Waals surface area contributed by atoms with Gasteiger partial charge in [0.05, 0.1) is 16.1 Å². The molecule has 4 rings (SSSR count). The van der Waals surface area contributed by atoms with E-state index < -0.39 is 22.5 Å². The predicted octanol–water partition coefficient (Wildman–Crippen LogP) is 5.14. The van der Waals surface area contributed by atoms with Crippen LogP contribution < -0.4 is 4.31 Å². The Morgan fingerprint density at radius 2 is 1.66 bits per heavy atom. The highest BCUT2D eigenvalue weighted by Gasteiger charge is 2.27. The van der Waals surface area contributed by atoms with E-state index in [0.29, 0.717) is 16.6 Å². The van der Waals surface area contributed by atoms with Gasteiger partial charge in [0.25, 0.3) is 15.9 Å². The maximum Gasteiger partial charge on any atom is 0.285 e. The Morgan fingerprint density at radius 3 is 2.34 bits per heavy atom. The van der Waals surface area contributed by atoms with E-state index in [9.17, 15) is 18.3 Å². The molecule has 0 unspecified atom stereocenters. The van der Waals surface area contributed by atoms with Crippen LogP contribution in [0.1, 0.15) is 0 Å². The van der Waals surface area contributed by atoms with Crippen molar-refractivity contribution < 1.29 is 18.3 Å². The number of azo groups is 1. The molecule has 0 fully saturated rings. The van der Waals surface area contributed by atoms with Gasteiger partial charge in [-0.05, 0) is 42.5 Å². The normalized spacial score (nSPS) is 11.8. The molecule has 0 spiro atoms. The van der Waals surface area contributed by atoms with E-state index in [0.717, 1.165) is 8.78 Å². The molecule has 0 aliphatic heterocycles. The van der Waals surface area contributed by atoms with Crippen LogP contribution in [-0.2, 0) is 14.8 Å². The molecule has 1 heterocycles. The van der Waals surface area contributed by atoms with Gasteiger partial charge in [-0.15, -0.1) is 10.2 Å². The fourth-order valence-corrected chi connectivity index (χ4v) is 4.92. The van der Waals surface area contributed by atoms with Crippen LogP contribution in [0.2, 0.25) is 0 Å². The predicted molar refractivity (Wildman–Crippen MR) is 125 cm³/mol. The van der Waals surface area contributed by atoms with E-state index in [1.165, 1.54) is 12.1 Å². The number of fused-ring (bicyclic) bond motifs is 1. The Kier molecular flexibility index (Phi) is 6.06. The van der Waals surface area contributed by atoms with Crippen molar-refractivity contribution in [3.8, 4) is 5.88 Å². The monoisotopic (exact) mass is 512 g/mol. The summed E-state index contributed by atoms with van der Waals surface area (Å²) in [5.74, 6) is -1.04. The minimum absolute atomic E-state index is 0.0488. The number of amides is 1. The van der Waals surface area contributed by atoms with Gasteiger partial charge in [-0.3, -0.25) is 9.10 Å². The summed E-state index contributed by atoms with van der Waals surface area (Å²) < 4.78 is 28.2. The molecule has 0 aliphatic carbocycles. The Morgan fingerprint density at radius 1 is 1.00 bits per heavy atom. The third kappa shape index (κ3) is 4.41. The number of carbonyl (C=O) groups excluding carboxylic acids is 1. The van der Waals surface area contributed by atoms with Crippen LogP contribution in [0.15, 0.2) is 98.5 Å². The fourth-order valence-electron chi connectivity index (χ4n) is 3.13. The third-order valence-corrected chi connectivity index (χ3v) is 6.91. The molecule has 162 valence electrons. The standard InChI is InChI=1S/C22H17BrN4O4S/c23-15-11-12-19-18(13-15)21(22(29)24-19)26-25-20(28)14-27(16-7-3-1-4-8-16)32(30,31)17-9-5-2-6-10-17/h1-13,24,29H,14H2. The number of aromatic amines is 1. The van der Waals surface area contributed by atoms with Crippen molar-refractivity contribution in [2.75, 3.05) is 10.8 Å². The molecule has 8 nitrogen and oxygen atoms in total. The molecule has 3 aromatic carbocycles. The number of para-hydroxylation sites is 1. The molecular weight excluding hydrogens is 496 g/mol. The first-order chi connectivity index (χ1) is 15.4. The van der Waals surface area contributed by atoms with E-state index in [2.05, 4.69) is 31.1 Å². The molecule has 0 radical (unpaired) electrons. The molecule has 1 aromatic heterocycles. The molecule has 0 aliphatic rings. The van der Waals surface area contributed by atoms with Gasteiger partial charge in [-0.1, -0.05) is 52.3 Å². The number of aromatic nitrogens is 1. The Labute approximate surface area is 192 Å².